The van der Waals surface area contributed by atoms with Crippen molar-refractivity contribution in [3.8, 4) is 11.5 Å². The summed E-state index contributed by atoms with van der Waals surface area (Å²) in [7, 11) is 1.66. The molecule has 0 aliphatic rings. The predicted octanol–water partition coefficient (Wildman–Crippen LogP) is 5.39. The zero-order valence-corrected chi connectivity index (χ0v) is 16.5. The number of benzene rings is 3. The second kappa shape index (κ2) is 9.40. The molecule has 0 radical (unpaired) electrons. The molecular weight excluding hydrogens is 378 g/mol. The van der Waals surface area contributed by atoms with Gasteiger partial charge < -0.3 is 14.8 Å². The molecule has 3 aromatic rings. The van der Waals surface area contributed by atoms with Crippen molar-refractivity contribution in [3.05, 3.63) is 94.5 Å². The molecule has 0 atom stereocenters. The van der Waals surface area contributed by atoms with Crippen molar-refractivity contribution in [2.24, 2.45) is 0 Å². The molecular formula is C22H20ClNO2S. The van der Waals surface area contributed by atoms with E-state index in [0.29, 0.717) is 23.2 Å². The van der Waals surface area contributed by atoms with Crippen molar-refractivity contribution in [2.75, 3.05) is 7.11 Å². The van der Waals surface area contributed by atoms with Gasteiger partial charge >= 0.3 is 0 Å². The quantitative estimate of drug-likeness (QED) is 0.541. The molecule has 0 aromatic heterocycles. The highest BCUT2D eigenvalue weighted by atomic mass is 35.5. The molecule has 3 nitrogen and oxygen atoms in total. The minimum atomic E-state index is 0.410. The molecule has 0 spiro atoms. The molecule has 0 aliphatic carbocycles. The van der Waals surface area contributed by atoms with Gasteiger partial charge in [0.25, 0.3) is 0 Å². The normalized spacial score (nSPS) is 10.3. The lowest BCUT2D eigenvalue weighted by molar-refractivity contribution is 0.306. The van der Waals surface area contributed by atoms with Gasteiger partial charge in [-0.25, -0.2) is 0 Å². The Morgan fingerprint density at radius 2 is 1.74 bits per heavy atom. The zero-order chi connectivity index (χ0) is 19.1. The molecule has 0 aliphatic heterocycles. The summed E-state index contributed by atoms with van der Waals surface area (Å²) in [5, 5.41) is 3.97. The van der Waals surface area contributed by atoms with Gasteiger partial charge in [-0.1, -0.05) is 66.3 Å². The number of methoxy groups -OCH3 is 1. The molecule has 0 heterocycles. The van der Waals surface area contributed by atoms with Crippen LogP contribution in [0.3, 0.4) is 0 Å². The first kappa shape index (κ1) is 19.2. The third kappa shape index (κ3) is 5.46. The molecule has 5 heteroatoms. The van der Waals surface area contributed by atoms with E-state index in [9.17, 15) is 0 Å². The Balaban J connectivity index is 1.60. The first-order valence-corrected chi connectivity index (χ1v) is 9.32. The maximum atomic E-state index is 6.17. The standard InChI is InChI=1S/C22H20ClNO2S/c1-25-19-9-4-6-16(12-19)14-24-22(27)17-8-5-10-20(13-17)26-15-18-7-2-3-11-21(18)23/h2-13H,14-15H2,1H3,(H,24,27). The maximum absolute atomic E-state index is 6.17. The maximum Gasteiger partial charge on any atom is 0.120 e. The molecule has 0 fully saturated rings. The van der Waals surface area contributed by atoms with E-state index >= 15 is 0 Å². The first-order valence-electron chi connectivity index (χ1n) is 8.53. The van der Waals surface area contributed by atoms with Crippen molar-refractivity contribution in [3.63, 3.8) is 0 Å². The summed E-state index contributed by atoms with van der Waals surface area (Å²) in [6.45, 7) is 1.04. The average Bonchev–Trinajstić information content (AvgIpc) is 2.72. The molecule has 0 amide bonds. The molecule has 138 valence electrons. The van der Waals surface area contributed by atoms with Crippen LogP contribution in [0.4, 0.5) is 0 Å². The molecule has 27 heavy (non-hydrogen) atoms. The molecule has 3 rings (SSSR count). The minimum absolute atomic E-state index is 0.410. The summed E-state index contributed by atoms with van der Waals surface area (Å²) >= 11 is 11.7. The van der Waals surface area contributed by atoms with Crippen molar-refractivity contribution >= 4 is 28.8 Å². The number of hydrogen-bond donors (Lipinski definition) is 1. The highest BCUT2D eigenvalue weighted by Gasteiger charge is 2.05. The topological polar surface area (TPSA) is 30.5 Å². The third-order valence-corrected chi connectivity index (χ3v) is 4.78. The summed E-state index contributed by atoms with van der Waals surface area (Å²) in [5.41, 5.74) is 2.95. The number of hydrogen-bond acceptors (Lipinski definition) is 3. The van der Waals surface area contributed by atoms with Gasteiger partial charge in [-0.05, 0) is 35.9 Å². The van der Waals surface area contributed by atoms with Crippen molar-refractivity contribution in [1.82, 2.24) is 5.32 Å². The average molecular weight is 398 g/mol. The van der Waals surface area contributed by atoms with Crippen LogP contribution in [-0.4, -0.2) is 12.1 Å². The van der Waals surface area contributed by atoms with E-state index in [1.54, 1.807) is 7.11 Å². The van der Waals surface area contributed by atoms with Crippen LogP contribution in [0.2, 0.25) is 5.02 Å². The smallest absolute Gasteiger partial charge is 0.120 e. The van der Waals surface area contributed by atoms with E-state index in [0.717, 1.165) is 28.2 Å². The Hall–Kier alpha value is -2.56. The highest BCUT2D eigenvalue weighted by Crippen LogP contribution is 2.20. The summed E-state index contributed by atoms with van der Waals surface area (Å²) in [6.07, 6.45) is 0. The first-order chi connectivity index (χ1) is 13.2. The van der Waals surface area contributed by atoms with Crippen molar-refractivity contribution in [2.45, 2.75) is 13.2 Å². The predicted molar refractivity (Wildman–Crippen MR) is 114 cm³/mol. The Morgan fingerprint density at radius 1 is 0.963 bits per heavy atom. The largest absolute Gasteiger partial charge is 0.497 e. The van der Waals surface area contributed by atoms with Gasteiger partial charge in [-0.2, -0.15) is 0 Å². The van der Waals surface area contributed by atoms with Crippen LogP contribution in [0.25, 0.3) is 0 Å². The minimum Gasteiger partial charge on any atom is -0.497 e. The van der Waals surface area contributed by atoms with E-state index in [-0.39, 0.29) is 0 Å². The van der Waals surface area contributed by atoms with Crippen LogP contribution in [0.1, 0.15) is 16.7 Å². The summed E-state index contributed by atoms with van der Waals surface area (Å²) in [5.74, 6) is 1.58. The Morgan fingerprint density at radius 3 is 2.56 bits per heavy atom. The highest BCUT2D eigenvalue weighted by molar-refractivity contribution is 7.80. The molecule has 1 N–H and O–H groups in total. The number of ether oxygens (including phenoxy) is 2. The van der Waals surface area contributed by atoms with E-state index < -0.39 is 0 Å². The van der Waals surface area contributed by atoms with Crippen molar-refractivity contribution in [1.29, 1.82) is 0 Å². The SMILES string of the molecule is COc1cccc(CNC(=S)c2cccc(OCc3ccccc3Cl)c2)c1. The Labute approximate surface area is 169 Å². The van der Waals surface area contributed by atoms with Crippen LogP contribution >= 0.6 is 23.8 Å². The molecule has 3 aromatic carbocycles. The van der Waals surface area contributed by atoms with Crippen molar-refractivity contribution < 1.29 is 9.47 Å². The second-order valence-corrected chi connectivity index (χ2v) is 6.76. The fourth-order valence-electron chi connectivity index (χ4n) is 2.57. The van der Waals surface area contributed by atoms with E-state index in [2.05, 4.69) is 5.32 Å². The van der Waals surface area contributed by atoms with E-state index in [1.165, 1.54) is 0 Å². The van der Waals surface area contributed by atoms with Gasteiger partial charge in [-0.3, -0.25) is 0 Å². The number of rotatable bonds is 7. The summed E-state index contributed by atoms with van der Waals surface area (Å²) in [6, 6.07) is 23.3. The summed E-state index contributed by atoms with van der Waals surface area (Å²) < 4.78 is 11.1. The lowest BCUT2D eigenvalue weighted by Crippen LogP contribution is -2.21. The van der Waals surface area contributed by atoms with Gasteiger partial charge in [0, 0.05) is 22.7 Å². The third-order valence-electron chi connectivity index (χ3n) is 4.04. The van der Waals surface area contributed by atoms with Crippen LogP contribution in [0.15, 0.2) is 72.8 Å². The Kier molecular flexibility index (Phi) is 6.69. The molecule has 0 saturated heterocycles. The van der Waals surface area contributed by atoms with Gasteiger partial charge in [0.1, 0.15) is 23.1 Å². The monoisotopic (exact) mass is 397 g/mol. The lowest BCUT2D eigenvalue weighted by atomic mass is 10.2. The van der Waals surface area contributed by atoms with Gasteiger partial charge in [0.05, 0.1) is 7.11 Å². The van der Waals surface area contributed by atoms with Crippen LogP contribution in [0.5, 0.6) is 11.5 Å². The van der Waals surface area contributed by atoms with Gasteiger partial charge in [0.2, 0.25) is 0 Å². The van der Waals surface area contributed by atoms with Crippen LogP contribution in [-0.2, 0) is 13.2 Å². The molecule has 0 saturated carbocycles. The fourth-order valence-corrected chi connectivity index (χ4v) is 2.96. The Bertz CT molecular complexity index is 929. The van der Waals surface area contributed by atoms with Gasteiger partial charge in [-0.15, -0.1) is 0 Å². The second-order valence-electron chi connectivity index (χ2n) is 5.94. The zero-order valence-electron chi connectivity index (χ0n) is 14.9. The number of nitrogens with one attached hydrogen (secondary N) is 1. The van der Waals surface area contributed by atoms with Gasteiger partial charge in [0.15, 0.2) is 0 Å². The van der Waals surface area contributed by atoms with Crippen LogP contribution < -0.4 is 14.8 Å². The number of halogens is 1. The number of thiocarbonyl (C=S) groups is 1. The van der Waals surface area contributed by atoms with E-state index in [4.69, 9.17) is 33.3 Å². The fraction of sp³-hybridized carbons (Fsp3) is 0.136. The summed E-state index contributed by atoms with van der Waals surface area (Å²) in [4.78, 5) is 0.668. The molecule has 0 unspecified atom stereocenters. The lowest BCUT2D eigenvalue weighted by Gasteiger charge is -2.12. The van der Waals surface area contributed by atoms with Crippen LogP contribution in [0, 0.1) is 0 Å². The van der Waals surface area contributed by atoms with E-state index in [1.807, 2.05) is 72.8 Å². The molecule has 0 bridgehead atoms.